The van der Waals surface area contributed by atoms with Crippen LogP contribution in [-0.4, -0.2) is 50.4 Å². The monoisotopic (exact) mass is 364 g/mol. The number of carbonyl (C=O) groups excluding carboxylic acids is 1. The SMILES string of the molecule is CCN(CC)CCNC(C(=O)OCCC(C)C)c1ccc2c(c1)OCO2. The summed E-state index contributed by atoms with van der Waals surface area (Å²) in [6.07, 6.45) is 0.860. The number of nitrogens with zero attached hydrogens (tertiary/aromatic N) is 1. The van der Waals surface area contributed by atoms with Gasteiger partial charge in [0.05, 0.1) is 6.61 Å². The van der Waals surface area contributed by atoms with E-state index in [0.29, 0.717) is 30.6 Å². The Bertz CT molecular complexity index is 573. The fourth-order valence-electron chi connectivity index (χ4n) is 2.82. The molecule has 0 bridgehead atoms. The van der Waals surface area contributed by atoms with Crippen LogP contribution in [-0.2, 0) is 9.53 Å². The number of nitrogens with one attached hydrogen (secondary N) is 1. The Labute approximate surface area is 156 Å². The molecular weight excluding hydrogens is 332 g/mol. The Balaban J connectivity index is 2.03. The molecule has 1 heterocycles. The van der Waals surface area contributed by atoms with Gasteiger partial charge in [0.2, 0.25) is 6.79 Å². The molecule has 0 radical (unpaired) electrons. The number of hydrogen-bond donors (Lipinski definition) is 1. The van der Waals surface area contributed by atoms with E-state index in [9.17, 15) is 4.79 Å². The van der Waals surface area contributed by atoms with Crippen LogP contribution in [0.2, 0.25) is 0 Å². The number of esters is 1. The highest BCUT2D eigenvalue weighted by Gasteiger charge is 2.24. The van der Waals surface area contributed by atoms with Crippen molar-refractivity contribution in [2.24, 2.45) is 5.92 Å². The molecular formula is C20H32N2O4. The Hall–Kier alpha value is -1.79. The van der Waals surface area contributed by atoms with Crippen molar-refractivity contribution in [1.82, 2.24) is 10.2 Å². The van der Waals surface area contributed by atoms with Crippen molar-refractivity contribution in [2.45, 2.75) is 40.2 Å². The number of carbonyl (C=O) groups is 1. The molecule has 1 aromatic rings. The smallest absolute Gasteiger partial charge is 0.327 e. The molecule has 6 nitrogen and oxygen atoms in total. The van der Waals surface area contributed by atoms with Gasteiger partial charge in [-0.2, -0.15) is 0 Å². The summed E-state index contributed by atoms with van der Waals surface area (Å²) in [7, 11) is 0. The quantitative estimate of drug-likeness (QED) is 0.609. The Morgan fingerprint density at radius 1 is 1.23 bits per heavy atom. The van der Waals surface area contributed by atoms with Crippen molar-refractivity contribution in [3.8, 4) is 11.5 Å². The van der Waals surface area contributed by atoms with Gasteiger partial charge < -0.3 is 19.1 Å². The number of benzene rings is 1. The molecule has 6 heteroatoms. The number of rotatable bonds is 11. The molecule has 0 saturated carbocycles. The first-order chi connectivity index (χ1) is 12.5. The second-order valence-corrected chi connectivity index (χ2v) is 6.88. The number of hydrogen-bond acceptors (Lipinski definition) is 6. The number of ether oxygens (including phenoxy) is 3. The van der Waals surface area contributed by atoms with E-state index in [0.717, 1.165) is 31.6 Å². The Kier molecular flexibility index (Phi) is 8.19. The molecule has 2 rings (SSSR count). The predicted molar refractivity (Wildman–Crippen MR) is 102 cm³/mol. The lowest BCUT2D eigenvalue weighted by molar-refractivity contribution is -0.146. The third kappa shape index (κ3) is 5.88. The van der Waals surface area contributed by atoms with E-state index >= 15 is 0 Å². The van der Waals surface area contributed by atoms with Crippen LogP contribution in [0, 0.1) is 5.92 Å². The summed E-state index contributed by atoms with van der Waals surface area (Å²) in [6, 6.07) is 5.10. The van der Waals surface area contributed by atoms with Gasteiger partial charge in [-0.1, -0.05) is 33.8 Å². The summed E-state index contributed by atoms with van der Waals surface area (Å²) < 4.78 is 16.3. The van der Waals surface area contributed by atoms with Gasteiger partial charge in [-0.05, 0) is 43.1 Å². The average molecular weight is 364 g/mol. The third-order valence-corrected chi connectivity index (χ3v) is 4.58. The predicted octanol–water partition coefficient (Wildman–Crippen LogP) is 2.98. The van der Waals surface area contributed by atoms with Crippen LogP contribution in [0.1, 0.15) is 45.7 Å². The second-order valence-electron chi connectivity index (χ2n) is 6.88. The molecule has 146 valence electrons. The highest BCUT2D eigenvalue weighted by atomic mass is 16.7. The molecule has 0 amide bonds. The maximum atomic E-state index is 12.7. The van der Waals surface area contributed by atoms with E-state index in [1.165, 1.54) is 0 Å². The lowest BCUT2D eigenvalue weighted by Gasteiger charge is -2.22. The zero-order valence-electron chi connectivity index (χ0n) is 16.4. The number of fused-ring (bicyclic) bond motifs is 1. The molecule has 0 saturated heterocycles. The summed E-state index contributed by atoms with van der Waals surface area (Å²) in [5.41, 5.74) is 0.836. The molecule has 0 spiro atoms. The standard InChI is InChI=1S/C20H32N2O4/c1-5-22(6-2)11-10-21-19(20(23)24-12-9-15(3)4)16-7-8-17-18(13-16)26-14-25-17/h7-8,13,15,19,21H,5-6,9-12,14H2,1-4H3. The fraction of sp³-hybridized carbons (Fsp3) is 0.650. The largest absolute Gasteiger partial charge is 0.464 e. The van der Waals surface area contributed by atoms with Crippen molar-refractivity contribution < 1.29 is 19.0 Å². The van der Waals surface area contributed by atoms with Crippen LogP contribution in [0.15, 0.2) is 18.2 Å². The van der Waals surface area contributed by atoms with Crippen LogP contribution in [0.5, 0.6) is 11.5 Å². The van der Waals surface area contributed by atoms with Crippen LogP contribution >= 0.6 is 0 Å². The first-order valence-electron chi connectivity index (χ1n) is 9.57. The van der Waals surface area contributed by atoms with Gasteiger partial charge in [0.1, 0.15) is 6.04 Å². The Morgan fingerprint density at radius 3 is 2.65 bits per heavy atom. The van der Waals surface area contributed by atoms with E-state index in [1.807, 2.05) is 18.2 Å². The molecule has 1 aliphatic rings. The molecule has 0 aromatic heterocycles. The zero-order chi connectivity index (χ0) is 18.9. The molecule has 1 unspecified atom stereocenters. The molecule has 1 aliphatic heterocycles. The highest BCUT2D eigenvalue weighted by Crippen LogP contribution is 2.34. The van der Waals surface area contributed by atoms with E-state index in [-0.39, 0.29) is 12.8 Å². The number of likely N-dealkylation sites (N-methyl/N-ethyl adjacent to an activating group) is 1. The van der Waals surface area contributed by atoms with Crippen molar-refractivity contribution in [3.05, 3.63) is 23.8 Å². The molecule has 0 fully saturated rings. The lowest BCUT2D eigenvalue weighted by Crippen LogP contribution is -2.37. The minimum atomic E-state index is -0.507. The maximum Gasteiger partial charge on any atom is 0.327 e. The summed E-state index contributed by atoms with van der Waals surface area (Å²) in [6.45, 7) is 12.7. The normalized spacial score (nSPS) is 14.1. The van der Waals surface area contributed by atoms with Crippen molar-refractivity contribution in [1.29, 1.82) is 0 Å². The summed E-state index contributed by atoms with van der Waals surface area (Å²) >= 11 is 0. The molecule has 1 atom stereocenters. The zero-order valence-corrected chi connectivity index (χ0v) is 16.4. The summed E-state index contributed by atoms with van der Waals surface area (Å²) in [4.78, 5) is 15.0. The topological polar surface area (TPSA) is 60.0 Å². The first-order valence-corrected chi connectivity index (χ1v) is 9.57. The average Bonchev–Trinajstić information content (AvgIpc) is 3.09. The van der Waals surface area contributed by atoms with Gasteiger partial charge in [0.15, 0.2) is 11.5 Å². The summed E-state index contributed by atoms with van der Waals surface area (Å²) in [5.74, 6) is 1.64. The molecule has 1 N–H and O–H groups in total. The van der Waals surface area contributed by atoms with Gasteiger partial charge in [0, 0.05) is 13.1 Å². The van der Waals surface area contributed by atoms with Gasteiger partial charge in [-0.25, -0.2) is 4.79 Å². The molecule has 0 aliphatic carbocycles. The van der Waals surface area contributed by atoms with E-state index in [1.54, 1.807) is 0 Å². The van der Waals surface area contributed by atoms with E-state index in [2.05, 4.69) is 37.9 Å². The van der Waals surface area contributed by atoms with Crippen molar-refractivity contribution in [2.75, 3.05) is 39.6 Å². The van der Waals surface area contributed by atoms with Crippen LogP contribution in [0.3, 0.4) is 0 Å². The first kappa shape index (κ1) is 20.5. The molecule has 1 aromatic carbocycles. The van der Waals surface area contributed by atoms with Crippen molar-refractivity contribution in [3.63, 3.8) is 0 Å². The molecule has 26 heavy (non-hydrogen) atoms. The van der Waals surface area contributed by atoms with E-state index in [4.69, 9.17) is 14.2 Å². The Morgan fingerprint density at radius 2 is 1.96 bits per heavy atom. The van der Waals surface area contributed by atoms with Crippen LogP contribution in [0.25, 0.3) is 0 Å². The van der Waals surface area contributed by atoms with Gasteiger partial charge in [-0.15, -0.1) is 0 Å². The highest BCUT2D eigenvalue weighted by molar-refractivity contribution is 5.78. The van der Waals surface area contributed by atoms with Crippen molar-refractivity contribution >= 4 is 5.97 Å². The van der Waals surface area contributed by atoms with Crippen LogP contribution < -0.4 is 14.8 Å². The van der Waals surface area contributed by atoms with Gasteiger partial charge >= 0.3 is 5.97 Å². The minimum absolute atomic E-state index is 0.220. The lowest BCUT2D eigenvalue weighted by atomic mass is 10.1. The van der Waals surface area contributed by atoms with Crippen LogP contribution in [0.4, 0.5) is 0 Å². The van der Waals surface area contributed by atoms with Gasteiger partial charge in [-0.3, -0.25) is 5.32 Å². The van der Waals surface area contributed by atoms with E-state index < -0.39 is 6.04 Å². The second kappa shape index (κ2) is 10.4. The van der Waals surface area contributed by atoms with Gasteiger partial charge in [0.25, 0.3) is 0 Å². The summed E-state index contributed by atoms with van der Waals surface area (Å²) in [5, 5.41) is 3.35. The minimum Gasteiger partial charge on any atom is -0.464 e. The maximum absolute atomic E-state index is 12.7. The fourth-order valence-corrected chi connectivity index (χ4v) is 2.82. The third-order valence-electron chi connectivity index (χ3n) is 4.58.